The van der Waals surface area contributed by atoms with Crippen molar-refractivity contribution in [3.8, 4) is 0 Å². The fraction of sp³-hybridized carbons (Fsp3) is 0.600. The van der Waals surface area contributed by atoms with E-state index >= 15 is 0 Å². The van der Waals surface area contributed by atoms with E-state index in [1.54, 1.807) is 4.90 Å². The molecular weight excluding hydrogens is 302 g/mol. The number of sulfonamides is 1. The number of carbonyl (C=O) groups excluding carboxylic acids is 1. The van der Waals surface area contributed by atoms with Crippen molar-refractivity contribution in [3.05, 3.63) is 29.6 Å². The highest BCUT2D eigenvalue weighted by molar-refractivity contribution is 7.88. The summed E-state index contributed by atoms with van der Waals surface area (Å²) < 4.78 is 24.3. The molecule has 2 rings (SSSR count). The molecular formula is C15H23N3O3S. The summed E-state index contributed by atoms with van der Waals surface area (Å²) in [6, 6.07) is 4.15. The lowest BCUT2D eigenvalue weighted by Crippen LogP contribution is -2.44. The monoisotopic (exact) mass is 325 g/mol. The molecule has 7 heteroatoms. The summed E-state index contributed by atoms with van der Waals surface area (Å²) in [5.41, 5.74) is 2.31. The number of likely N-dealkylation sites (tertiary alicyclic amines) is 1. The summed E-state index contributed by atoms with van der Waals surface area (Å²) in [5.74, 6) is 0.414. The van der Waals surface area contributed by atoms with Crippen LogP contribution in [0.4, 0.5) is 0 Å². The Hall–Kier alpha value is -1.47. The molecule has 22 heavy (non-hydrogen) atoms. The molecule has 0 unspecified atom stereocenters. The number of hydrogen-bond donors (Lipinski definition) is 1. The summed E-state index contributed by atoms with van der Waals surface area (Å²) >= 11 is 0. The van der Waals surface area contributed by atoms with Crippen LogP contribution in [-0.4, -0.2) is 50.1 Å². The van der Waals surface area contributed by atoms with Gasteiger partial charge in [0.2, 0.25) is 15.9 Å². The molecule has 1 aromatic heterocycles. The van der Waals surface area contributed by atoms with Crippen molar-refractivity contribution in [1.82, 2.24) is 14.6 Å². The molecule has 0 bridgehead atoms. The zero-order valence-corrected chi connectivity index (χ0v) is 13.9. The van der Waals surface area contributed by atoms with E-state index in [9.17, 15) is 13.2 Å². The standard InChI is InChI=1S/C15H23N3O3S/c1-12-9-14(3-6-16-12)10-13-4-7-18(8-5-13)15(19)11-17-22(2,20)21/h3,6,9,13,17H,4-5,7-8,10-11H2,1-2H3. The van der Waals surface area contributed by atoms with Gasteiger partial charge in [-0.25, -0.2) is 13.1 Å². The number of pyridine rings is 1. The number of piperidine rings is 1. The molecule has 2 heterocycles. The van der Waals surface area contributed by atoms with Gasteiger partial charge in [-0.15, -0.1) is 0 Å². The van der Waals surface area contributed by atoms with Gasteiger partial charge in [-0.3, -0.25) is 9.78 Å². The average molecular weight is 325 g/mol. The molecule has 0 aliphatic carbocycles. The van der Waals surface area contributed by atoms with Crippen LogP contribution in [0.5, 0.6) is 0 Å². The molecule has 0 saturated carbocycles. The molecule has 1 N–H and O–H groups in total. The lowest BCUT2D eigenvalue weighted by molar-refractivity contribution is -0.131. The maximum atomic E-state index is 11.9. The number of aryl methyl sites for hydroxylation is 1. The number of nitrogens with zero attached hydrogens (tertiary/aromatic N) is 2. The molecule has 6 nitrogen and oxygen atoms in total. The highest BCUT2D eigenvalue weighted by atomic mass is 32.2. The van der Waals surface area contributed by atoms with Gasteiger partial charge in [-0.05, 0) is 49.8 Å². The van der Waals surface area contributed by atoms with Gasteiger partial charge < -0.3 is 4.90 Å². The SMILES string of the molecule is Cc1cc(CC2CCN(C(=O)CNS(C)(=O)=O)CC2)ccn1. The average Bonchev–Trinajstić information content (AvgIpc) is 2.45. The van der Waals surface area contributed by atoms with E-state index in [-0.39, 0.29) is 12.5 Å². The highest BCUT2D eigenvalue weighted by Gasteiger charge is 2.23. The first-order valence-corrected chi connectivity index (χ1v) is 9.36. The molecule has 1 fully saturated rings. The van der Waals surface area contributed by atoms with E-state index < -0.39 is 10.0 Å². The first-order chi connectivity index (χ1) is 10.3. The van der Waals surface area contributed by atoms with Crippen LogP contribution >= 0.6 is 0 Å². The van der Waals surface area contributed by atoms with Crippen molar-refractivity contribution in [1.29, 1.82) is 0 Å². The summed E-state index contributed by atoms with van der Waals surface area (Å²) in [6.07, 6.45) is 5.80. The Balaban J connectivity index is 1.79. The van der Waals surface area contributed by atoms with Gasteiger partial charge in [0, 0.05) is 25.0 Å². The van der Waals surface area contributed by atoms with E-state index in [1.807, 2.05) is 19.2 Å². The van der Waals surface area contributed by atoms with Crippen molar-refractivity contribution < 1.29 is 13.2 Å². The summed E-state index contributed by atoms with van der Waals surface area (Å²) in [4.78, 5) is 17.9. The fourth-order valence-electron chi connectivity index (χ4n) is 2.76. The molecule has 1 aromatic rings. The molecule has 122 valence electrons. The fourth-order valence-corrected chi connectivity index (χ4v) is 3.14. The predicted molar refractivity (Wildman–Crippen MR) is 84.8 cm³/mol. The Labute approximate surface area is 132 Å². The van der Waals surface area contributed by atoms with Crippen LogP contribution in [0.2, 0.25) is 0 Å². The van der Waals surface area contributed by atoms with Crippen molar-refractivity contribution in [2.24, 2.45) is 5.92 Å². The number of nitrogens with one attached hydrogen (secondary N) is 1. The van der Waals surface area contributed by atoms with Crippen LogP contribution in [-0.2, 0) is 21.2 Å². The first-order valence-electron chi connectivity index (χ1n) is 7.47. The first kappa shape index (κ1) is 16.9. The minimum Gasteiger partial charge on any atom is -0.342 e. The van der Waals surface area contributed by atoms with E-state index in [4.69, 9.17) is 0 Å². The van der Waals surface area contributed by atoms with Gasteiger partial charge in [0.1, 0.15) is 0 Å². The number of hydrogen-bond acceptors (Lipinski definition) is 4. The molecule has 1 aliphatic rings. The van der Waals surface area contributed by atoms with Crippen LogP contribution in [0.1, 0.15) is 24.1 Å². The van der Waals surface area contributed by atoms with Crippen molar-refractivity contribution >= 4 is 15.9 Å². The van der Waals surface area contributed by atoms with Gasteiger partial charge in [-0.2, -0.15) is 0 Å². The lowest BCUT2D eigenvalue weighted by atomic mass is 9.90. The van der Waals surface area contributed by atoms with Crippen LogP contribution < -0.4 is 4.72 Å². The Morgan fingerprint density at radius 3 is 2.68 bits per heavy atom. The minimum atomic E-state index is -3.32. The quantitative estimate of drug-likeness (QED) is 0.865. The highest BCUT2D eigenvalue weighted by Crippen LogP contribution is 2.21. The molecule has 0 atom stereocenters. The van der Waals surface area contributed by atoms with Gasteiger partial charge in [-0.1, -0.05) is 0 Å². The summed E-state index contributed by atoms with van der Waals surface area (Å²) in [6.45, 7) is 3.23. The van der Waals surface area contributed by atoms with Crippen LogP contribution in [0.15, 0.2) is 18.3 Å². The Kier molecular flexibility index (Phi) is 5.52. The van der Waals surface area contributed by atoms with Gasteiger partial charge in [0.15, 0.2) is 0 Å². The second-order valence-electron chi connectivity index (χ2n) is 5.93. The third-order valence-electron chi connectivity index (χ3n) is 3.94. The largest absolute Gasteiger partial charge is 0.342 e. The van der Waals surface area contributed by atoms with Crippen molar-refractivity contribution in [2.45, 2.75) is 26.2 Å². The molecule has 0 spiro atoms. The topological polar surface area (TPSA) is 79.4 Å². The maximum Gasteiger partial charge on any atom is 0.237 e. The summed E-state index contributed by atoms with van der Waals surface area (Å²) in [7, 11) is -3.32. The Bertz CT molecular complexity index is 623. The Morgan fingerprint density at radius 1 is 1.41 bits per heavy atom. The van der Waals surface area contributed by atoms with Crippen LogP contribution in [0.25, 0.3) is 0 Å². The second kappa shape index (κ2) is 7.19. The van der Waals surface area contributed by atoms with E-state index in [1.165, 1.54) is 5.56 Å². The molecule has 1 aliphatic heterocycles. The molecule has 0 aromatic carbocycles. The zero-order valence-electron chi connectivity index (χ0n) is 13.1. The van der Waals surface area contributed by atoms with E-state index in [2.05, 4.69) is 15.8 Å². The van der Waals surface area contributed by atoms with Gasteiger partial charge in [0.25, 0.3) is 0 Å². The maximum absolute atomic E-state index is 11.9. The third-order valence-corrected chi connectivity index (χ3v) is 4.61. The zero-order chi connectivity index (χ0) is 16.2. The van der Waals surface area contributed by atoms with Gasteiger partial charge in [0.05, 0.1) is 12.8 Å². The molecule has 1 amide bonds. The van der Waals surface area contributed by atoms with Crippen LogP contribution in [0, 0.1) is 12.8 Å². The van der Waals surface area contributed by atoms with Crippen molar-refractivity contribution in [3.63, 3.8) is 0 Å². The number of amides is 1. The second-order valence-corrected chi connectivity index (χ2v) is 7.76. The van der Waals surface area contributed by atoms with E-state index in [0.29, 0.717) is 19.0 Å². The molecule has 1 saturated heterocycles. The smallest absolute Gasteiger partial charge is 0.237 e. The van der Waals surface area contributed by atoms with Crippen molar-refractivity contribution in [2.75, 3.05) is 25.9 Å². The normalized spacial score (nSPS) is 16.7. The molecule has 0 radical (unpaired) electrons. The minimum absolute atomic E-state index is 0.146. The number of carbonyl (C=O) groups is 1. The summed E-state index contributed by atoms with van der Waals surface area (Å²) in [5, 5.41) is 0. The third kappa shape index (κ3) is 5.38. The number of rotatable bonds is 5. The lowest BCUT2D eigenvalue weighted by Gasteiger charge is -2.32. The number of aromatic nitrogens is 1. The predicted octanol–water partition coefficient (Wildman–Crippen LogP) is 0.720. The Morgan fingerprint density at radius 2 is 2.09 bits per heavy atom. The van der Waals surface area contributed by atoms with Crippen LogP contribution in [0.3, 0.4) is 0 Å². The van der Waals surface area contributed by atoms with E-state index in [0.717, 1.165) is 31.2 Å². The van der Waals surface area contributed by atoms with Gasteiger partial charge >= 0.3 is 0 Å².